The fourth-order valence-electron chi connectivity index (χ4n) is 1.24. The smallest absolute Gasteiger partial charge is 0.338 e. The number of hydrogen-bond donors (Lipinski definition) is 0. The van der Waals surface area contributed by atoms with E-state index in [-0.39, 0.29) is 5.97 Å². The van der Waals surface area contributed by atoms with Crippen LogP contribution in [0.5, 0.6) is 0 Å². The summed E-state index contributed by atoms with van der Waals surface area (Å²) >= 11 is 1.48. The third-order valence-electron chi connectivity index (χ3n) is 1.99. The van der Waals surface area contributed by atoms with E-state index in [1.807, 2.05) is 33.2 Å². The lowest BCUT2D eigenvalue weighted by Gasteiger charge is -1.92. The summed E-state index contributed by atoms with van der Waals surface area (Å²) in [6.07, 6.45) is 1.87. The Kier molecular flexibility index (Phi) is 4.90. The Morgan fingerprint density at radius 2 is 2.18 bits per heavy atom. The number of nitrogens with zero attached hydrogens (tertiary/aromatic N) is 2. The highest BCUT2D eigenvalue weighted by atomic mass is 32.1. The molecule has 4 nitrogen and oxygen atoms in total. The molecule has 0 amide bonds. The van der Waals surface area contributed by atoms with E-state index in [2.05, 4.69) is 9.84 Å². The lowest BCUT2D eigenvalue weighted by molar-refractivity contribution is 0.0601. The van der Waals surface area contributed by atoms with Crippen LogP contribution in [-0.4, -0.2) is 22.9 Å². The average Bonchev–Trinajstić information content (AvgIpc) is 2.99. The summed E-state index contributed by atoms with van der Waals surface area (Å²) in [6.45, 7) is 4.00. The maximum atomic E-state index is 11.2. The molecule has 0 bridgehead atoms. The van der Waals surface area contributed by atoms with Gasteiger partial charge in [-0.15, -0.1) is 11.3 Å². The van der Waals surface area contributed by atoms with Gasteiger partial charge in [-0.1, -0.05) is 13.8 Å². The van der Waals surface area contributed by atoms with Crippen LogP contribution in [0.25, 0.3) is 10.6 Å². The minimum Gasteiger partial charge on any atom is -0.465 e. The first-order valence-electron chi connectivity index (χ1n) is 5.37. The Hall–Kier alpha value is -1.62. The van der Waals surface area contributed by atoms with E-state index in [0.29, 0.717) is 5.56 Å². The van der Waals surface area contributed by atoms with Crippen molar-refractivity contribution in [3.63, 3.8) is 0 Å². The molecule has 0 aliphatic rings. The highest BCUT2D eigenvalue weighted by Crippen LogP contribution is 2.25. The van der Waals surface area contributed by atoms with Crippen LogP contribution >= 0.6 is 11.3 Å². The molecule has 0 fully saturated rings. The highest BCUT2D eigenvalue weighted by molar-refractivity contribution is 7.13. The first kappa shape index (κ1) is 13.4. The summed E-state index contributed by atoms with van der Waals surface area (Å²) in [5.41, 5.74) is 1.45. The molecule has 5 heteroatoms. The summed E-state index contributed by atoms with van der Waals surface area (Å²) in [6, 6.07) is 3.70. The molecular formula is C12H16N2O2S. The van der Waals surface area contributed by atoms with Crippen LogP contribution in [0.15, 0.2) is 23.7 Å². The Morgan fingerprint density at radius 1 is 1.47 bits per heavy atom. The lowest BCUT2D eigenvalue weighted by Crippen LogP contribution is -1.98. The Morgan fingerprint density at radius 3 is 2.71 bits per heavy atom. The summed E-state index contributed by atoms with van der Waals surface area (Å²) in [5, 5.41) is 6.03. The maximum Gasteiger partial charge on any atom is 0.338 e. The van der Waals surface area contributed by atoms with Crippen LogP contribution in [0.2, 0.25) is 0 Å². The van der Waals surface area contributed by atoms with Gasteiger partial charge in [-0.25, -0.2) is 4.79 Å². The van der Waals surface area contributed by atoms with Crippen LogP contribution in [0.3, 0.4) is 0 Å². The second kappa shape index (κ2) is 6.20. The van der Waals surface area contributed by atoms with Crippen molar-refractivity contribution in [2.75, 3.05) is 7.11 Å². The van der Waals surface area contributed by atoms with Gasteiger partial charge < -0.3 is 4.74 Å². The molecule has 0 aromatic carbocycles. The van der Waals surface area contributed by atoms with E-state index >= 15 is 0 Å². The predicted molar refractivity (Wildman–Crippen MR) is 69.2 cm³/mol. The zero-order valence-corrected chi connectivity index (χ0v) is 11.2. The van der Waals surface area contributed by atoms with E-state index in [1.165, 1.54) is 18.4 Å². The Bertz CT molecular complexity index is 488. The monoisotopic (exact) mass is 252 g/mol. The van der Waals surface area contributed by atoms with Crippen LogP contribution in [0.1, 0.15) is 24.2 Å². The molecule has 0 saturated heterocycles. The molecule has 0 aliphatic carbocycles. The van der Waals surface area contributed by atoms with E-state index in [9.17, 15) is 4.79 Å². The van der Waals surface area contributed by atoms with Gasteiger partial charge in [-0.05, 0) is 12.1 Å². The van der Waals surface area contributed by atoms with Gasteiger partial charge in [0.1, 0.15) is 5.69 Å². The largest absolute Gasteiger partial charge is 0.465 e. The molecule has 0 aliphatic heterocycles. The number of esters is 1. The SMILES string of the molecule is CC.COC(=O)c1csc(-c2ccn(C)n2)c1. The standard InChI is InChI=1S/C10H10N2O2S.C2H6/c1-12-4-3-8(11-12)9-5-7(6-15-9)10(13)14-2;1-2/h3-6H,1-2H3;1-2H3. The fourth-order valence-corrected chi connectivity index (χ4v) is 2.08. The van der Waals surface area contributed by atoms with Gasteiger partial charge in [-0.3, -0.25) is 4.68 Å². The van der Waals surface area contributed by atoms with E-state index in [0.717, 1.165) is 10.6 Å². The number of hydrogen-bond acceptors (Lipinski definition) is 4. The van der Waals surface area contributed by atoms with Gasteiger partial charge in [0, 0.05) is 18.6 Å². The van der Waals surface area contributed by atoms with Gasteiger partial charge in [0.25, 0.3) is 0 Å². The average molecular weight is 252 g/mol. The van der Waals surface area contributed by atoms with Crippen LogP contribution < -0.4 is 0 Å². The molecule has 0 unspecified atom stereocenters. The van der Waals surface area contributed by atoms with Gasteiger partial charge >= 0.3 is 5.97 Å². The minimum absolute atomic E-state index is 0.312. The Balaban J connectivity index is 0.000000686. The predicted octanol–water partition coefficient (Wildman–Crippen LogP) is 2.96. The van der Waals surface area contributed by atoms with E-state index in [4.69, 9.17) is 0 Å². The normalized spacial score (nSPS) is 9.41. The summed E-state index contributed by atoms with van der Waals surface area (Å²) < 4.78 is 6.36. The lowest BCUT2D eigenvalue weighted by atomic mass is 10.3. The zero-order valence-electron chi connectivity index (χ0n) is 10.4. The third kappa shape index (κ3) is 3.17. The number of aryl methyl sites for hydroxylation is 1. The number of carbonyl (C=O) groups excluding carboxylic acids is 1. The quantitative estimate of drug-likeness (QED) is 0.772. The number of ether oxygens (including phenoxy) is 1. The molecule has 2 aromatic rings. The molecule has 2 heterocycles. The third-order valence-corrected chi connectivity index (χ3v) is 2.94. The minimum atomic E-state index is -0.312. The van der Waals surface area contributed by atoms with Crippen molar-refractivity contribution in [1.29, 1.82) is 0 Å². The summed E-state index contributed by atoms with van der Waals surface area (Å²) in [7, 11) is 3.23. The van der Waals surface area contributed by atoms with E-state index < -0.39 is 0 Å². The van der Waals surface area contributed by atoms with Crippen molar-refractivity contribution in [2.24, 2.45) is 7.05 Å². The number of rotatable bonds is 2. The zero-order chi connectivity index (χ0) is 12.8. The van der Waals surface area contributed by atoms with Gasteiger partial charge in [0.15, 0.2) is 0 Å². The first-order chi connectivity index (χ1) is 8.20. The summed E-state index contributed by atoms with van der Waals surface area (Å²) in [4.78, 5) is 12.2. The van der Waals surface area contributed by atoms with E-state index in [1.54, 1.807) is 16.1 Å². The van der Waals surface area contributed by atoms with Crippen LogP contribution in [0, 0.1) is 0 Å². The molecule has 0 saturated carbocycles. The number of carbonyl (C=O) groups is 1. The number of thiophene rings is 1. The molecule has 0 radical (unpaired) electrons. The first-order valence-corrected chi connectivity index (χ1v) is 6.25. The van der Waals surface area contributed by atoms with Crippen LogP contribution in [-0.2, 0) is 11.8 Å². The van der Waals surface area contributed by atoms with Gasteiger partial charge in [0.2, 0.25) is 0 Å². The van der Waals surface area contributed by atoms with Crippen LogP contribution in [0.4, 0.5) is 0 Å². The molecule has 0 N–H and O–H groups in total. The molecule has 92 valence electrons. The molecule has 2 aromatic heterocycles. The molecular weight excluding hydrogens is 236 g/mol. The van der Waals surface area contributed by atoms with Crippen molar-refractivity contribution < 1.29 is 9.53 Å². The number of methoxy groups -OCH3 is 1. The van der Waals surface area contributed by atoms with Crippen molar-refractivity contribution >= 4 is 17.3 Å². The highest BCUT2D eigenvalue weighted by Gasteiger charge is 2.10. The second-order valence-corrected chi connectivity index (χ2v) is 3.98. The molecule has 2 rings (SSSR count). The van der Waals surface area contributed by atoms with Crippen molar-refractivity contribution in [3.8, 4) is 10.6 Å². The molecule has 17 heavy (non-hydrogen) atoms. The van der Waals surface area contributed by atoms with Crippen molar-refractivity contribution in [2.45, 2.75) is 13.8 Å². The van der Waals surface area contributed by atoms with Gasteiger partial charge in [0.05, 0.1) is 17.6 Å². The number of aromatic nitrogens is 2. The summed E-state index contributed by atoms with van der Waals surface area (Å²) in [5.74, 6) is -0.312. The maximum absolute atomic E-state index is 11.2. The fraction of sp³-hybridized carbons (Fsp3) is 0.333. The Labute approximate surface area is 105 Å². The molecule has 0 spiro atoms. The van der Waals surface area contributed by atoms with Crippen molar-refractivity contribution in [1.82, 2.24) is 9.78 Å². The topological polar surface area (TPSA) is 44.1 Å². The van der Waals surface area contributed by atoms with Crippen molar-refractivity contribution in [3.05, 3.63) is 29.3 Å². The molecule has 0 atom stereocenters. The van der Waals surface area contributed by atoms with Gasteiger partial charge in [-0.2, -0.15) is 5.10 Å². The second-order valence-electron chi connectivity index (χ2n) is 3.07.